The first-order valence-corrected chi connectivity index (χ1v) is 5.79. The number of nitrogens with zero attached hydrogens (tertiary/aromatic N) is 1. The van der Waals surface area contributed by atoms with E-state index in [4.69, 9.17) is 5.26 Å². The van der Waals surface area contributed by atoms with Crippen molar-refractivity contribution in [2.45, 2.75) is 8.66 Å². The quantitative estimate of drug-likeness (QED) is 0.475. The number of nitriles is 1. The highest BCUT2D eigenvalue weighted by Gasteiger charge is 2.55. The Bertz CT molecular complexity index is 147. The molecule has 1 nitrogen and oxygen atoms in total. The molecule has 1 aliphatic rings. The van der Waals surface area contributed by atoms with Gasteiger partial charge in [0.25, 0.3) is 0 Å². The van der Waals surface area contributed by atoms with Crippen molar-refractivity contribution in [1.29, 1.82) is 5.26 Å². The van der Waals surface area contributed by atoms with Crippen molar-refractivity contribution in [2.75, 3.05) is 12.5 Å². The predicted octanol–water partition coefficient (Wildman–Crippen LogP) is 2.01. The molecule has 1 atom stereocenters. The van der Waals surface area contributed by atoms with Crippen LogP contribution in [0.4, 0.5) is 0 Å². The first-order chi connectivity index (χ1) is 4.29. The zero-order chi connectivity index (χ0) is 6.91. The van der Waals surface area contributed by atoms with E-state index in [2.05, 4.69) is 18.6 Å². The van der Waals surface area contributed by atoms with Crippen LogP contribution >= 0.6 is 35.3 Å². The van der Waals surface area contributed by atoms with Crippen LogP contribution in [0.25, 0.3) is 0 Å². The lowest BCUT2D eigenvalue weighted by molar-refractivity contribution is 1.28. The Kier molecular flexibility index (Phi) is 2.25. The van der Waals surface area contributed by atoms with E-state index in [0.717, 1.165) is 0 Å². The zero-order valence-electron chi connectivity index (χ0n) is 5.25. The van der Waals surface area contributed by atoms with Crippen molar-refractivity contribution < 1.29 is 0 Å². The summed E-state index contributed by atoms with van der Waals surface area (Å²) in [4.78, 5) is 0. The average molecular weight is 177 g/mol. The molecule has 1 aliphatic heterocycles. The maximum absolute atomic E-state index is 8.51. The summed E-state index contributed by atoms with van der Waals surface area (Å²) in [7, 11) is 0. The van der Waals surface area contributed by atoms with Gasteiger partial charge in [-0.3, -0.25) is 0 Å². The third kappa shape index (κ3) is 1.19. The fourth-order valence-electron chi connectivity index (χ4n) is 0.629. The molecule has 1 saturated heterocycles. The van der Waals surface area contributed by atoms with E-state index in [-0.39, 0.29) is 8.66 Å². The fourth-order valence-corrected chi connectivity index (χ4v) is 4.12. The van der Waals surface area contributed by atoms with E-state index in [1.807, 2.05) is 0 Å². The maximum atomic E-state index is 8.51. The van der Waals surface area contributed by atoms with Crippen molar-refractivity contribution in [3.8, 4) is 6.07 Å². The molecule has 0 saturated carbocycles. The summed E-state index contributed by atoms with van der Waals surface area (Å²) in [5.74, 6) is 0. The second kappa shape index (κ2) is 2.65. The molecule has 0 aromatic heterocycles. The van der Waals surface area contributed by atoms with Gasteiger partial charge in [0.1, 0.15) is 8.66 Å². The minimum Gasteiger partial charge on any atom is -0.197 e. The van der Waals surface area contributed by atoms with E-state index >= 15 is 0 Å². The maximum Gasteiger partial charge on any atom is 0.133 e. The van der Waals surface area contributed by atoms with Gasteiger partial charge in [0.2, 0.25) is 0 Å². The highest BCUT2D eigenvalue weighted by molar-refractivity contribution is 8.39. The van der Waals surface area contributed by atoms with Crippen molar-refractivity contribution in [3.05, 3.63) is 0 Å². The van der Waals surface area contributed by atoms with Crippen molar-refractivity contribution in [2.24, 2.45) is 0 Å². The summed E-state index contributed by atoms with van der Waals surface area (Å²) < 4.78 is 0.189. The van der Waals surface area contributed by atoms with Crippen LogP contribution in [0.1, 0.15) is 0 Å². The van der Waals surface area contributed by atoms with Crippen LogP contribution in [0, 0.1) is 11.3 Å². The molecule has 0 radical (unpaired) electrons. The number of rotatable bonds is 2. The summed E-state index contributed by atoms with van der Waals surface area (Å²) in [5, 5.41) is 8.73. The summed E-state index contributed by atoms with van der Waals surface area (Å²) in [6, 6.07) is 2.25. The van der Waals surface area contributed by atoms with Crippen LogP contribution < -0.4 is 0 Å². The highest BCUT2D eigenvalue weighted by atomic mass is 32.3. The second-order valence-corrected chi connectivity index (χ2v) is 5.87. The Hall–Kier alpha value is 0.540. The van der Waals surface area contributed by atoms with Gasteiger partial charge in [-0.15, -0.1) is 35.3 Å². The standard InChI is InChI=1S/C5H7NS3/c1-7-5(8-2)4(3-6)9-5/h4H,1-2H3. The molecule has 50 valence electrons. The highest BCUT2D eigenvalue weighted by Crippen LogP contribution is 2.65. The van der Waals surface area contributed by atoms with Gasteiger partial charge in [-0.2, -0.15) is 5.26 Å². The topological polar surface area (TPSA) is 23.8 Å². The van der Waals surface area contributed by atoms with E-state index in [9.17, 15) is 0 Å². The Labute approximate surface area is 68.0 Å². The molecule has 0 aromatic carbocycles. The largest absolute Gasteiger partial charge is 0.197 e. The first kappa shape index (κ1) is 7.64. The number of thioether (sulfide) groups is 3. The van der Waals surface area contributed by atoms with Crippen LogP contribution in [-0.4, -0.2) is 21.2 Å². The van der Waals surface area contributed by atoms with Crippen LogP contribution in [0.3, 0.4) is 0 Å². The van der Waals surface area contributed by atoms with Gasteiger partial charge < -0.3 is 0 Å². The molecule has 1 heterocycles. The second-order valence-electron chi connectivity index (χ2n) is 1.64. The average Bonchev–Trinajstić information content (AvgIpc) is 2.63. The van der Waals surface area contributed by atoms with Crippen LogP contribution in [-0.2, 0) is 0 Å². The molecular weight excluding hydrogens is 170 g/mol. The molecule has 0 spiro atoms. The molecular formula is C5H7NS3. The Morgan fingerprint density at radius 2 is 2.11 bits per heavy atom. The molecule has 0 bridgehead atoms. The van der Waals surface area contributed by atoms with E-state index in [0.29, 0.717) is 0 Å². The molecule has 1 fully saturated rings. The molecule has 9 heavy (non-hydrogen) atoms. The molecule has 0 aliphatic carbocycles. The Balaban J connectivity index is 2.49. The van der Waals surface area contributed by atoms with Crippen molar-refractivity contribution in [1.82, 2.24) is 0 Å². The van der Waals surface area contributed by atoms with Gasteiger partial charge in [0.15, 0.2) is 0 Å². The fraction of sp³-hybridized carbons (Fsp3) is 0.800. The summed E-state index contributed by atoms with van der Waals surface area (Å²) in [6.07, 6.45) is 4.11. The zero-order valence-corrected chi connectivity index (χ0v) is 7.70. The van der Waals surface area contributed by atoms with Gasteiger partial charge in [0.05, 0.1) is 6.07 Å². The molecule has 1 unspecified atom stereocenters. The SMILES string of the molecule is CSC1(SC)SC1C#N. The minimum atomic E-state index is 0.189. The summed E-state index contributed by atoms with van der Waals surface area (Å²) in [6.45, 7) is 0. The van der Waals surface area contributed by atoms with Crippen LogP contribution in [0.5, 0.6) is 0 Å². The smallest absolute Gasteiger partial charge is 0.133 e. The van der Waals surface area contributed by atoms with Crippen molar-refractivity contribution in [3.63, 3.8) is 0 Å². The normalized spacial score (nSPS) is 29.2. The molecule has 4 heteroatoms. The number of hydrogen-bond acceptors (Lipinski definition) is 4. The van der Waals surface area contributed by atoms with Gasteiger partial charge in [0, 0.05) is 0 Å². The van der Waals surface area contributed by atoms with Gasteiger partial charge >= 0.3 is 0 Å². The third-order valence-electron chi connectivity index (χ3n) is 1.23. The van der Waals surface area contributed by atoms with E-state index < -0.39 is 0 Å². The number of hydrogen-bond donors (Lipinski definition) is 0. The van der Waals surface area contributed by atoms with Gasteiger partial charge in [-0.05, 0) is 12.5 Å². The molecule has 1 rings (SSSR count). The molecule has 0 amide bonds. The predicted molar refractivity (Wildman–Crippen MR) is 46.8 cm³/mol. The third-order valence-corrected chi connectivity index (χ3v) is 6.72. The lowest BCUT2D eigenvalue weighted by atomic mass is 10.5. The Morgan fingerprint density at radius 1 is 1.56 bits per heavy atom. The molecule has 0 N–H and O–H groups in total. The van der Waals surface area contributed by atoms with E-state index in [1.54, 1.807) is 35.3 Å². The van der Waals surface area contributed by atoms with Crippen LogP contribution in [0.2, 0.25) is 0 Å². The van der Waals surface area contributed by atoms with Gasteiger partial charge in [-0.1, -0.05) is 0 Å². The van der Waals surface area contributed by atoms with Gasteiger partial charge in [-0.25, -0.2) is 0 Å². The lowest BCUT2D eigenvalue weighted by Gasteiger charge is -2.03. The monoisotopic (exact) mass is 177 g/mol. The molecule has 0 aromatic rings. The first-order valence-electron chi connectivity index (χ1n) is 2.47. The summed E-state index contributed by atoms with van der Waals surface area (Å²) in [5.41, 5.74) is 0. The Morgan fingerprint density at radius 3 is 2.22 bits per heavy atom. The van der Waals surface area contributed by atoms with Crippen molar-refractivity contribution >= 4 is 35.3 Å². The lowest BCUT2D eigenvalue weighted by Crippen LogP contribution is -1.99. The van der Waals surface area contributed by atoms with E-state index in [1.165, 1.54) is 0 Å². The van der Waals surface area contributed by atoms with Crippen LogP contribution in [0.15, 0.2) is 0 Å². The summed E-state index contributed by atoms with van der Waals surface area (Å²) >= 11 is 5.30. The minimum absolute atomic E-state index is 0.189.